The summed E-state index contributed by atoms with van der Waals surface area (Å²) in [5.74, 6) is -0.528. The van der Waals surface area contributed by atoms with Crippen LogP contribution in [0.25, 0.3) is 0 Å². The molecule has 132 valence electrons. The smallest absolute Gasteiger partial charge is 0.252 e. The lowest BCUT2D eigenvalue weighted by Gasteiger charge is -2.26. The van der Waals surface area contributed by atoms with Gasteiger partial charge in [0.15, 0.2) is 0 Å². The Hall–Kier alpha value is -1.51. The molecule has 2 aromatic carbocycles. The van der Waals surface area contributed by atoms with E-state index in [1.165, 1.54) is 23.8 Å². The molecule has 0 bridgehead atoms. The predicted octanol–water partition coefficient (Wildman–Crippen LogP) is 3.19. The molecule has 0 saturated carbocycles. The Kier molecular flexibility index (Phi) is 6.39. The summed E-state index contributed by atoms with van der Waals surface area (Å²) in [6, 6.07) is 12.4. The summed E-state index contributed by atoms with van der Waals surface area (Å²) in [4.78, 5) is 14.7. The number of nitrogens with zero attached hydrogens (tertiary/aromatic N) is 1. The molecule has 0 spiro atoms. The van der Waals surface area contributed by atoms with E-state index in [1.54, 1.807) is 0 Å². The highest BCUT2D eigenvalue weighted by Gasteiger charge is 2.12. The van der Waals surface area contributed by atoms with E-state index < -0.39 is 0 Å². The zero-order valence-electron chi connectivity index (χ0n) is 13.8. The number of carbonyl (C=O) groups excluding carboxylic acids is 1. The lowest BCUT2D eigenvalue weighted by atomic mass is 10.1. The Morgan fingerprint density at radius 1 is 1.16 bits per heavy atom. The van der Waals surface area contributed by atoms with Crippen molar-refractivity contribution in [3.63, 3.8) is 0 Å². The number of halogens is 2. The molecule has 2 aromatic rings. The lowest BCUT2D eigenvalue weighted by molar-refractivity contribution is 0.0342. The summed E-state index contributed by atoms with van der Waals surface area (Å²) in [5.41, 5.74) is 2.77. The Bertz CT molecular complexity index is 748. The summed E-state index contributed by atoms with van der Waals surface area (Å²) in [7, 11) is 0. The standard InChI is InChI=1S/C19H20FIN2O2/c20-16-4-5-17(18(21)11-16)19(24)22-12-14-2-1-3-15(10-14)13-23-6-8-25-9-7-23/h1-5,10-11H,6-9,12-13H2,(H,22,24). The van der Waals surface area contributed by atoms with Gasteiger partial charge in [-0.15, -0.1) is 0 Å². The zero-order valence-corrected chi connectivity index (χ0v) is 16.0. The maximum atomic E-state index is 13.2. The van der Waals surface area contributed by atoms with E-state index in [-0.39, 0.29) is 11.7 Å². The molecule has 25 heavy (non-hydrogen) atoms. The second-order valence-electron chi connectivity index (χ2n) is 6.02. The van der Waals surface area contributed by atoms with E-state index >= 15 is 0 Å². The zero-order chi connectivity index (χ0) is 17.6. The monoisotopic (exact) mass is 454 g/mol. The topological polar surface area (TPSA) is 41.6 Å². The van der Waals surface area contributed by atoms with Gasteiger partial charge in [0.2, 0.25) is 0 Å². The number of carbonyl (C=O) groups is 1. The number of amides is 1. The van der Waals surface area contributed by atoms with Crippen LogP contribution in [-0.4, -0.2) is 37.1 Å². The van der Waals surface area contributed by atoms with Crippen molar-refractivity contribution in [2.45, 2.75) is 13.1 Å². The molecule has 3 rings (SSSR count). The first kappa shape index (κ1) is 18.3. The average Bonchev–Trinajstić information content (AvgIpc) is 2.61. The molecular formula is C19H20FIN2O2. The fourth-order valence-corrected chi connectivity index (χ4v) is 3.53. The summed E-state index contributed by atoms with van der Waals surface area (Å²) >= 11 is 1.98. The van der Waals surface area contributed by atoms with Crippen LogP contribution in [0.4, 0.5) is 4.39 Å². The quantitative estimate of drug-likeness (QED) is 0.706. The van der Waals surface area contributed by atoms with Crippen LogP contribution in [0.15, 0.2) is 42.5 Å². The molecule has 1 amide bonds. The van der Waals surface area contributed by atoms with Gasteiger partial charge >= 0.3 is 0 Å². The van der Waals surface area contributed by atoms with Crippen molar-refractivity contribution in [3.05, 3.63) is 68.5 Å². The molecule has 0 aromatic heterocycles. The van der Waals surface area contributed by atoms with Crippen LogP contribution >= 0.6 is 22.6 Å². The van der Waals surface area contributed by atoms with Gasteiger partial charge in [-0.25, -0.2) is 4.39 Å². The maximum absolute atomic E-state index is 13.2. The molecule has 4 nitrogen and oxygen atoms in total. The molecule has 1 N–H and O–H groups in total. The number of ether oxygens (including phenoxy) is 1. The summed E-state index contributed by atoms with van der Waals surface area (Å²) < 4.78 is 19.1. The first-order valence-corrected chi connectivity index (χ1v) is 9.31. The largest absolute Gasteiger partial charge is 0.379 e. The molecule has 1 saturated heterocycles. The van der Waals surface area contributed by atoms with Gasteiger partial charge in [-0.2, -0.15) is 0 Å². The van der Waals surface area contributed by atoms with Crippen molar-refractivity contribution in [2.75, 3.05) is 26.3 Å². The van der Waals surface area contributed by atoms with Crippen molar-refractivity contribution in [3.8, 4) is 0 Å². The molecule has 1 heterocycles. The molecular weight excluding hydrogens is 434 g/mol. The fraction of sp³-hybridized carbons (Fsp3) is 0.316. The third-order valence-corrected chi connectivity index (χ3v) is 5.02. The Labute approximate surface area is 160 Å². The lowest BCUT2D eigenvalue weighted by Crippen LogP contribution is -2.35. The number of rotatable bonds is 5. The van der Waals surface area contributed by atoms with Gasteiger partial charge in [0.05, 0.1) is 18.8 Å². The van der Waals surface area contributed by atoms with Gasteiger partial charge in [0, 0.05) is 29.7 Å². The molecule has 6 heteroatoms. The highest BCUT2D eigenvalue weighted by molar-refractivity contribution is 14.1. The predicted molar refractivity (Wildman–Crippen MR) is 103 cm³/mol. The van der Waals surface area contributed by atoms with Crippen LogP contribution in [0.1, 0.15) is 21.5 Å². The van der Waals surface area contributed by atoms with Gasteiger partial charge in [0.1, 0.15) is 5.82 Å². The Morgan fingerprint density at radius 3 is 2.68 bits per heavy atom. The molecule has 0 unspecified atom stereocenters. The minimum absolute atomic E-state index is 0.192. The fourth-order valence-electron chi connectivity index (χ4n) is 2.81. The normalized spacial score (nSPS) is 15.1. The number of hydrogen-bond acceptors (Lipinski definition) is 3. The van der Waals surface area contributed by atoms with E-state index in [0.717, 1.165) is 38.4 Å². The summed E-state index contributed by atoms with van der Waals surface area (Å²) in [5, 5.41) is 2.91. The first-order chi connectivity index (χ1) is 12.1. The van der Waals surface area contributed by atoms with Crippen molar-refractivity contribution in [1.82, 2.24) is 10.2 Å². The second-order valence-corrected chi connectivity index (χ2v) is 7.18. The van der Waals surface area contributed by atoms with Gasteiger partial charge < -0.3 is 10.1 Å². The van der Waals surface area contributed by atoms with Gasteiger partial charge in [0.25, 0.3) is 5.91 Å². The van der Waals surface area contributed by atoms with Gasteiger partial charge in [-0.1, -0.05) is 24.3 Å². The van der Waals surface area contributed by atoms with Crippen molar-refractivity contribution < 1.29 is 13.9 Å². The van der Waals surface area contributed by atoms with E-state index in [4.69, 9.17) is 4.74 Å². The van der Waals surface area contributed by atoms with Crippen molar-refractivity contribution in [2.24, 2.45) is 0 Å². The van der Waals surface area contributed by atoms with Crippen LogP contribution in [0.5, 0.6) is 0 Å². The van der Waals surface area contributed by atoms with Crippen LogP contribution in [0.3, 0.4) is 0 Å². The van der Waals surface area contributed by atoms with E-state index in [2.05, 4.69) is 22.3 Å². The van der Waals surface area contributed by atoms with E-state index in [1.807, 2.05) is 34.7 Å². The molecule has 0 radical (unpaired) electrons. The Morgan fingerprint density at radius 2 is 1.92 bits per heavy atom. The average molecular weight is 454 g/mol. The second kappa shape index (κ2) is 8.73. The van der Waals surface area contributed by atoms with Gasteiger partial charge in [-0.3, -0.25) is 9.69 Å². The van der Waals surface area contributed by atoms with Crippen LogP contribution < -0.4 is 5.32 Å². The summed E-state index contributed by atoms with van der Waals surface area (Å²) in [6.07, 6.45) is 0. The van der Waals surface area contributed by atoms with Crippen molar-refractivity contribution >= 4 is 28.5 Å². The number of benzene rings is 2. The molecule has 0 atom stereocenters. The molecule has 1 aliphatic rings. The first-order valence-electron chi connectivity index (χ1n) is 8.23. The highest BCUT2D eigenvalue weighted by Crippen LogP contribution is 2.14. The van der Waals surface area contributed by atoms with Crippen molar-refractivity contribution in [1.29, 1.82) is 0 Å². The van der Waals surface area contributed by atoms with Crippen LogP contribution in [0, 0.1) is 9.39 Å². The minimum atomic E-state index is -0.336. The van der Waals surface area contributed by atoms with Crippen LogP contribution in [0.2, 0.25) is 0 Å². The molecule has 1 fully saturated rings. The highest BCUT2D eigenvalue weighted by atomic mass is 127. The molecule has 1 aliphatic heterocycles. The number of morpholine rings is 1. The third-order valence-electron chi connectivity index (χ3n) is 4.13. The number of nitrogens with one attached hydrogen (secondary N) is 1. The molecule has 0 aliphatic carbocycles. The van der Waals surface area contributed by atoms with Gasteiger partial charge in [-0.05, 0) is 51.9 Å². The summed E-state index contributed by atoms with van der Waals surface area (Å²) in [6.45, 7) is 4.80. The van der Waals surface area contributed by atoms with E-state index in [0.29, 0.717) is 15.7 Å². The Balaban J connectivity index is 1.59. The maximum Gasteiger partial charge on any atom is 0.252 e. The number of hydrogen-bond donors (Lipinski definition) is 1. The third kappa shape index (κ3) is 5.23. The van der Waals surface area contributed by atoms with Crippen LogP contribution in [-0.2, 0) is 17.8 Å². The SMILES string of the molecule is O=C(NCc1cccc(CN2CCOCC2)c1)c1ccc(F)cc1I. The minimum Gasteiger partial charge on any atom is -0.379 e. The van der Waals surface area contributed by atoms with E-state index in [9.17, 15) is 9.18 Å².